The van der Waals surface area contributed by atoms with Crippen LogP contribution in [0.1, 0.15) is 5.76 Å². The molecule has 1 aromatic heterocycles. The van der Waals surface area contributed by atoms with Crippen LogP contribution in [0.5, 0.6) is 11.5 Å². The fourth-order valence-electron chi connectivity index (χ4n) is 1.54. The maximum Gasteiger partial charge on any atom is 0.236 e. The van der Waals surface area contributed by atoms with Gasteiger partial charge in [0.2, 0.25) is 5.76 Å². The molecule has 5 heteroatoms. The van der Waals surface area contributed by atoms with Gasteiger partial charge in [-0.05, 0) is 12.1 Å². The number of ether oxygens (including phenoxy) is 2. The summed E-state index contributed by atoms with van der Waals surface area (Å²) in [6, 6.07) is 8.86. The van der Waals surface area contributed by atoms with Crippen molar-refractivity contribution in [3.8, 4) is 28.8 Å². The van der Waals surface area contributed by atoms with Crippen LogP contribution in [-0.4, -0.2) is 19.4 Å². The largest absolute Gasteiger partial charge is 0.493 e. The van der Waals surface area contributed by atoms with Gasteiger partial charge in [0.15, 0.2) is 11.5 Å². The first-order chi connectivity index (χ1) is 8.30. The minimum absolute atomic E-state index is 0.157. The van der Waals surface area contributed by atoms with E-state index in [1.807, 2.05) is 18.2 Å². The summed E-state index contributed by atoms with van der Waals surface area (Å²) in [5.41, 5.74) is 1.26. The maximum atomic E-state index is 8.69. The molecule has 17 heavy (non-hydrogen) atoms. The van der Waals surface area contributed by atoms with Crippen LogP contribution in [0.4, 0.5) is 0 Å². The number of nitrogens with zero attached hydrogens (tertiary/aromatic N) is 2. The van der Waals surface area contributed by atoms with Crippen molar-refractivity contribution in [1.82, 2.24) is 5.16 Å². The van der Waals surface area contributed by atoms with E-state index < -0.39 is 0 Å². The molecule has 0 aliphatic heterocycles. The highest BCUT2D eigenvalue weighted by Gasteiger charge is 2.14. The summed E-state index contributed by atoms with van der Waals surface area (Å²) in [4.78, 5) is 0. The summed E-state index contributed by atoms with van der Waals surface area (Å²) in [5, 5.41) is 12.5. The van der Waals surface area contributed by atoms with Gasteiger partial charge in [0, 0.05) is 11.6 Å². The number of benzene rings is 1. The van der Waals surface area contributed by atoms with Crippen molar-refractivity contribution in [2.24, 2.45) is 0 Å². The van der Waals surface area contributed by atoms with Crippen LogP contribution >= 0.6 is 0 Å². The molecule has 5 nitrogen and oxygen atoms in total. The molecule has 86 valence electrons. The van der Waals surface area contributed by atoms with Crippen LogP contribution in [0.15, 0.2) is 28.8 Å². The molecule has 0 saturated heterocycles. The second kappa shape index (κ2) is 4.58. The molecule has 0 N–H and O–H groups in total. The van der Waals surface area contributed by atoms with Crippen LogP contribution in [0.3, 0.4) is 0 Å². The first-order valence-corrected chi connectivity index (χ1v) is 4.88. The number of nitriles is 1. The Morgan fingerprint density at radius 3 is 2.71 bits per heavy atom. The van der Waals surface area contributed by atoms with Crippen molar-refractivity contribution in [3.05, 3.63) is 30.0 Å². The topological polar surface area (TPSA) is 68.3 Å². The van der Waals surface area contributed by atoms with Crippen molar-refractivity contribution in [2.75, 3.05) is 14.2 Å². The van der Waals surface area contributed by atoms with E-state index in [1.165, 1.54) is 0 Å². The monoisotopic (exact) mass is 230 g/mol. The van der Waals surface area contributed by atoms with Crippen molar-refractivity contribution in [3.63, 3.8) is 0 Å². The third-order valence-electron chi connectivity index (χ3n) is 2.30. The second-order valence-corrected chi connectivity index (χ2v) is 3.23. The number of aromatic nitrogens is 1. The van der Waals surface area contributed by atoms with E-state index >= 15 is 0 Å². The number of hydrogen-bond donors (Lipinski definition) is 0. The molecule has 0 spiro atoms. The summed E-state index contributed by atoms with van der Waals surface area (Å²) in [7, 11) is 3.11. The first-order valence-electron chi connectivity index (χ1n) is 4.88. The van der Waals surface area contributed by atoms with E-state index in [1.54, 1.807) is 26.4 Å². The van der Waals surface area contributed by atoms with Crippen LogP contribution < -0.4 is 9.47 Å². The predicted octanol–water partition coefficient (Wildman–Crippen LogP) is 2.23. The molecule has 2 aromatic rings. The van der Waals surface area contributed by atoms with E-state index in [4.69, 9.17) is 19.3 Å². The van der Waals surface area contributed by atoms with E-state index in [0.29, 0.717) is 17.2 Å². The van der Waals surface area contributed by atoms with Crippen molar-refractivity contribution in [1.29, 1.82) is 5.26 Å². The van der Waals surface area contributed by atoms with E-state index in [2.05, 4.69) is 5.16 Å². The fraction of sp³-hybridized carbons (Fsp3) is 0.167. The van der Waals surface area contributed by atoms with Crippen LogP contribution in [0, 0.1) is 11.3 Å². The van der Waals surface area contributed by atoms with Crippen molar-refractivity contribution in [2.45, 2.75) is 0 Å². The Bertz CT molecular complexity index is 569. The van der Waals surface area contributed by atoms with Gasteiger partial charge >= 0.3 is 0 Å². The highest BCUT2D eigenvalue weighted by molar-refractivity contribution is 5.71. The predicted molar refractivity (Wildman–Crippen MR) is 59.8 cm³/mol. The van der Waals surface area contributed by atoms with E-state index in [-0.39, 0.29) is 5.76 Å². The maximum absolute atomic E-state index is 8.69. The van der Waals surface area contributed by atoms with Gasteiger partial charge in [-0.3, -0.25) is 0 Å². The summed E-state index contributed by atoms with van der Waals surface area (Å²) >= 11 is 0. The Hall–Kier alpha value is -2.48. The number of hydrogen-bond acceptors (Lipinski definition) is 5. The molecule has 0 amide bonds. The second-order valence-electron chi connectivity index (χ2n) is 3.23. The van der Waals surface area contributed by atoms with Gasteiger partial charge in [0.25, 0.3) is 0 Å². The Morgan fingerprint density at radius 2 is 2.12 bits per heavy atom. The molecule has 1 heterocycles. The molecule has 0 atom stereocenters. The lowest BCUT2D eigenvalue weighted by Gasteiger charge is -2.10. The average molecular weight is 230 g/mol. The highest BCUT2D eigenvalue weighted by Crippen LogP contribution is 2.37. The van der Waals surface area contributed by atoms with Gasteiger partial charge in [-0.2, -0.15) is 5.26 Å². The lowest BCUT2D eigenvalue weighted by molar-refractivity contribution is 0.355. The van der Waals surface area contributed by atoms with Gasteiger partial charge in [-0.15, -0.1) is 0 Å². The number of rotatable bonds is 3. The molecule has 0 unspecified atom stereocenters. The molecular formula is C12H10N2O3. The standard InChI is InChI=1S/C12H10N2O3/c1-15-11-5-3-4-9(12(11)16-2)10-6-8(7-13)17-14-10/h3-6H,1-2H3. The SMILES string of the molecule is COc1cccc(-c2cc(C#N)on2)c1OC. The zero-order valence-corrected chi connectivity index (χ0v) is 9.43. The van der Waals surface area contributed by atoms with E-state index in [0.717, 1.165) is 5.56 Å². The Balaban J connectivity index is 2.55. The van der Waals surface area contributed by atoms with Gasteiger partial charge in [0.1, 0.15) is 11.8 Å². The van der Waals surface area contributed by atoms with Crippen LogP contribution in [0.25, 0.3) is 11.3 Å². The zero-order chi connectivity index (χ0) is 12.3. The third kappa shape index (κ3) is 1.93. The molecular weight excluding hydrogens is 220 g/mol. The van der Waals surface area contributed by atoms with Crippen LogP contribution in [0.2, 0.25) is 0 Å². The van der Waals surface area contributed by atoms with Crippen LogP contribution in [-0.2, 0) is 0 Å². The highest BCUT2D eigenvalue weighted by atomic mass is 16.5. The number of para-hydroxylation sites is 1. The summed E-state index contributed by atoms with van der Waals surface area (Å²) < 4.78 is 15.3. The molecule has 0 saturated carbocycles. The summed E-state index contributed by atoms with van der Waals surface area (Å²) in [6.07, 6.45) is 0. The average Bonchev–Trinajstić information content (AvgIpc) is 2.86. The molecule has 0 bridgehead atoms. The lowest BCUT2D eigenvalue weighted by atomic mass is 10.1. The smallest absolute Gasteiger partial charge is 0.236 e. The molecule has 0 radical (unpaired) electrons. The fourth-order valence-corrected chi connectivity index (χ4v) is 1.54. The third-order valence-corrected chi connectivity index (χ3v) is 2.30. The minimum Gasteiger partial charge on any atom is -0.493 e. The Kier molecular flexibility index (Phi) is 2.97. The Labute approximate surface area is 98.2 Å². The summed E-state index contributed by atoms with van der Waals surface area (Å²) in [5.74, 6) is 1.32. The summed E-state index contributed by atoms with van der Waals surface area (Å²) in [6.45, 7) is 0. The lowest BCUT2D eigenvalue weighted by Crippen LogP contribution is -1.93. The van der Waals surface area contributed by atoms with Gasteiger partial charge in [-0.1, -0.05) is 11.2 Å². The van der Waals surface area contributed by atoms with Gasteiger partial charge < -0.3 is 14.0 Å². The molecule has 0 aliphatic rings. The Morgan fingerprint density at radius 1 is 1.29 bits per heavy atom. The molecule has 0 fully saturated rings. The molecule has 2 rings (SSSR count). The van der Waals surface area contributed by atoms with Gasteiger partial charge in [-0.25, -0.2) is 0 Å². The molecule has 0 aliphatic carbocycles. The minimum atomic E-state index is 0.157. The number of methoxy groups -OCH3 is 2. The normalized spacial score (nSPS) is 9.71. The van der Waals surface area contributed by atoms with Crippen molar-refractivity contribution < 1.29 is 14.0 Å². The first kappa shape index (κ1) is 11.0. The van der Waals surface area contributed by atoms with E-state index in [9.17, 15) is 0 Å². The van der Waals surface area contributed by atoms with Crippen molar-refractivity contribution >= 4 is 0 Å². The molecule has 1 aromatic carbocycles. The van der Waals surface area contributed by atoms with Gasteiger partial charge in [0.05, 0.1) is 14.2 Å². The quantitative estimate of drug-likeness (QED) is 0.808. The zero-order valence-electron chi connectivity index (χ0n) is 9.43.